The molecular weight excluding hydrogens is 413 g/mol. The van der Waals surface area contributed by atoms with Gasteiger partial charge in [0.2, 0.25) is 5.91 Å². The molecule has 4 atom stereocenters. The van der Waals surface area contributed by atoms with Crippen molar-refractivity contribution >= 4 is 23.1 Å². The molecule has 1 amide bonds. The van der Waals surface area contributed by atoms with E-state index in [1.807, 2.05) is 29.3 Å². The van der Waals surface area contributed by atoms with Crippen LogP contribution in [0.3, 0.4) is 0 Å². The Bertz CT molecular complexity index is 879. The minimum atomic E-state index is -4.35. The minimum absolute atomic E-state index is 0.00885. The number of likely N-dealkylation sites (tertiary alicyclic amines) is 1. The summed E-state index contributed by atoms with van der Waals surface area (Å²) in [5.41, 5.74) is 0.565. The van der Waals surface area contributed by atoms with Gasteiger partial charge in [0, 0.05) is 36.0 Å². The zero-order valence-corrected chi connectivity index (χ0v) is 18.0. The van der Waals surface area contributed by atoms with Gasteiger partial charge in [-0.3, -0.25) is 4.79 Å². The molecule has 0 radical (unpaired) electrons. The highest BCUT2D eigenvalue weighted by Crippen LogP contribution is 2.42. The summed E-state index contributed by atoms with van der Waals surface area (Å²) in [6, 6.07) is 3.72. The standard InChI is InChI=1S/C21H27F3N4OS/c1-13(9-16-6-4-8-30-16)20(29)27-7-3-5-15(12-27)17-11-18(21(22,23)24)28-19(25-17)10-14(2)26-28/h4,6,8,10,13,15,17-18,25H,3,5,7,9,11-12H2,1-2H3/t13-,15-,17+,18-/m1/s1. The fourth-order valence-corrected chi connectivity index (χ4v) is 5.54. The molecule has 5 nitrogen and oxygen atoms in total. The molecule has 0 saturated carbocycles. The molecule has 164 valence electrons. The predicted octanol–water partition coefficient (Wildman–Crippen LogP) is 4.66. The summed E-state index contributed by atoms with van der Waals surface area (Å²) in [5.74, 6) is 0.372. The van der Waals surface area contributed by atoms with Gasteiger partial charge in [0.1, 0.15) is 5.82 Å². The number of carbonyl (C=O) groups is 1. The molecule has 0 bridgehead atoms. The summed E-state index contributed by atoms with van der Waals surface area (Å²) in [7, 11) is 0. The smallest absolute Gasteiger partial charge is 0.367 e. The largest absolute Gasteiger partial charge is 0.410 e. The van der Waals surface area contributed by atoms with Crippen molar-refractivity contribution < 1.29 is 18.0 Å². The molecule has 1 N–H and O–H groups in total. The van der Waals surface area contributed by atoms with E-state index in [-0.39, 0.29) is 30.2 Å². The third kappa shape index (κ3) is 4.36. The number of amides is 1. The monoisotopic (exact) mass is 440 g/mol. The number of aromatic nitrogens is 2. The van der Waals surface area contributed by atoms with Crippen LogP contribution in [0.4, 0.5) is 19.0 Å². The molecule has 4 rings (SSSR count). The van der Waals surface area contributed by atoms with Crippen LogP contribution in [0.1, 0.15) is 42.8 Å². The molecule has 2 aliphatic heterocycles. The molecule has 1 fully saturated rings. The van der Waals surface area contributed by atoms with Gasteiger partial charge in [-0.1, -0.05) is 13.0 Å². The first-order valence-electron chi connectivity index (χ1n) is 10.4. The average molecular weight is 441 g/mol. The topological polar surface area (TPSA) is 50.2 Å². The van der Waals surface area contributed by atoms with E-state index >= 15 is 0 Å². The lowest BCUT2D eigenvalue weighted by molar-refractivity contribution is -0.175. The van der Waals surface area contributed by atoms with Crippen LogP contribution in [0, 0.1) is 18.8 Å². The zero-order valence-electron chi connectivity index (χ0n) is 17.2. The number of piperidine rings is 1. The van der Waals surface area contributed by atoms with E-state index in [0.29, 0.717) is 31.0 Å². The molecule has 1 saturated heterocycles. The van der Waals surface area contributed by atoms with Crippen molar-refractivity contribution in [1.29, 1.82) is 0 Å². The zero-order chi connectivity index (χ0) is 21.5. The lowest BCUT2D eigenvalue weighted by atomic mass is 9.85. The third-order valence-corrected chi connectivity index (χ3v) is 7.09. The SMILES string of the molecule is Cc1cc2n(n1)[C@@H](C(F)(F)F)C[C@@H]([C@@H]1CCCN(C(=O)[C@H](C)Cc3cccs3)C1)N2. The maximum Gasteiger partial charge on any atom is 0.410 e. The van der Waals surface area contributed by atoms with Crippen LogP contribution < -0.4 is 5.32 Å². The Kier molecular flexibility index (Phi) is 5.83. The van der Waals surface area contributed by atoms with Gasteiger partial charge < -0.3 is 10.2 Å². The van der Waals surface area contributed by atoms with Crippen LogP contribution >= 0.6 is 11.3 Å². The Labute approximate surface area is 178 Å². The molecule has 2 aliphatic rings. The maximum absolute atomic E-state index is 13.7. The van der Waals surface area contributed by atoms with Gasteiger partial charge in [-0.2, -0.15) is 18.3 Å². The molecule has 30 heavy (non-hydrogen) atoms. The fourth-order valence-electron chi connectivity index (χ4n) is 4.70. The van der Waals surface area contributed by atoms with Crippen LogP contribution in [0.2, 0.25) is 0 Å². The summed E-state index contributed by atoms with van der Waals surface area (Å²) < 4.78 is 42.2. The van der Waals surface area contributed by atoms with Crippen molar-refractivity contribution in [1.82, 2.24) is 14.7 Å². The summed E-state index contributed by atoms with van der Waals surface area (Å²) in [6.07, 6.45) is -2.08. The number of rotatable bonds is 4. The summed E-state index contributed by atoms with van der Waals surface area (Å²) in [5, 5.41) is 9.33. The average Bonchev–Trinajstić information content (AvgIpc) is 3.34. The van der Waals surface area contributed by atoms with E-state index in [1.54, 1.807) is 24.3 Å². The highest BCUT2D eigenvalue weighted by Gasteiger charge is 2.48. The second-order valence-corrected chi connectivity index (χ2v) is 9.56. The molecule has 9 heteroatoms. The van der Waals surface area contributed by atoms with Gasteiger partial charge >= 0.3 is 6.18 Å². The molecule has 0 aliphatic carbocycles. The third-order valence-electron chi connectivity index (χ3n) is 6.19. The normalized spacial score (nSPS) is 25.5. The van der Waals surface area contributed by atoms with E-state index in [4.69, 9.17) is 0 Å². The van der Waals surface area contributed by atoms with Gasteiger partial charge in [-0.05, 0) is 50.0 Å². The molecule has 4 heterocycles. The molecule has 0 aromatic carbocycles. The number of halogens is 3. The van der Waals surface area contributed by atoms with Crippen LogP contribution in [0.5, 0.6) is 0 Å². The fraction of sp³-hybridized carbons (Fsp3) is 0.619. The van der Waals surface area contributed by atoms with Crippen molar-refractivity contribution in [3.8, 4) is 0 Å². The minimum Gasteiger partial charge on any atom is -0.367 e. The Morgan fingerprint density at radius 1 is 1.43 bits per heavy atom. The molecule has 2 aromatic heterocycles. The quantitative estimate of drug-likeness (QED) is 0.753. The lowest BCUT2D eigenvalue weighted by Crippen LogP contribution is -2.50. The molecular formula is C21H27F3N4OS. The summed E-state index contributed by atoms with van der Waals surface area (Å²) in [6.45, 7) is 4.82. The van der Waals surface area contributed by atoms with Crippen LogP contribution in [-0.2, 0) is 11.2 Å². The number of nitrogens with one attached hydrogen (secondary N) is 1. The Hall–Kier alpha value is -2.03. The van der Waals surface area contributed by atoms with Crippen molar-refractivity contribution in [2.75, 3.05) is 18.4 Å². The number of hydrogen-bond acceptors (Lipinski definition) is 4. The maximum atomic E-state index is 13.7. The first kappa shape index (κ1) is 21.2. The van der Waals surface area contributed by atoms with Crippen LogP contribution in [0.15, 0.2) is 23.6 Å². The van der Waals surface area contributed by atoms with Crippen molar-refractivity contribution in [3.63, 3.8) is 0 Å². The first-order valence-corrected chi connectivity index (χ1v) is 11.3. The van der Waals surface area contributed by atoms with Gasteiger partial charge in [0.15, 0.2) is 6.04 Å². The number of fused-ring (bicyclic) bond motifs is 1. The van der Waals surface area contributed by atoms with Crippen LogP contribution in [0.25, 0.3) is 0 Å². The van der Waals surface area contributed by atoms with Gasteiger partial charge in [-0.25, -0.2) is 4.68 Å². The highest BCUT2D eigenvalue weighted by molar-refractivity contribution is 7.09. The lowest BCUT2D eigenvalue weighted by Gasteiger charge is -2.42. The summed E-state index contributed by atoms with van der Waals surface area (Å²) in [4.78, 5) is 16.0. The number of nitrogens with zero attached hydrogens (tertiary/aromatic N) is 3. The second-order valence-electron chi connectivity index (χ2n) is 8.53. The second kappa shape index (κ2) is 8.24. The van der Waals surface area contributed by atoms with Crippen molar-refractivity contribution in [2.24, 2.45) is 11.8 Å². The van der Waals surface area contributed by atoms with Crippen LogP contribution in [-0.4, -0.2) is 45.9 Å². The predicted molar refractivity (Wildman–Crippen MR) is 111 cm³/mol. The highest BCUT2D eigenvalue weighted by atomic mass is 32.1. The van der Waals surface area contributed by atoms with E-state index in [2.05, 4.69) is 10.4 Å². The Morgan fingerprint density at radius 2 is 2.23 bits per heavy atom. The van der Waals surface area contributed by atoms with Gasteiger partial charge in [0.05, 0.1) is 5.69 Å². The van der Waals surface area contributed by atoms with E-state index in [0.717, 1.165) is 17.5 Å². The van der Waals surface area contributed by atoms with E-state index in [9.17, 15) is 18.0 Å². The van der Waals surface area contributed by atoms with Gasteiger partial charge in [-0.15, -0.1) is 11.3 Å². The first-order chi connectivity index (χ1) is 14.2. The Morgan fingerprint density at radius 3 is 2.93 bits per heavy atom. The number of aryl methyl sites for hydroxylation is 1. The summed E-state index contributed by atoms with van der Waals surface area (Å²) >= 11 is 1.64. The van der Waals surface area contributed by atoms with Gasteiger partial charge in [0.25, 0.3) is 0 Å². The van der Waals surface area contributed by atoms with Crippen molar-refractivity contribution in [2.45, 2.75) is 57.8 Å². The number of anilines is 1. The molecule has 2 aromatic rings. The van der Waals surface area contributed by atoms with Crippen molar-refractivity contribution in [3.05, 3.63) is 34.2 Å². The molecule has 0 spiro atoms. The van der Waals surface area contributed by atoms with E-state index < -0.39 is 12.2 Å². The molecule has 0 unspecified atom stereocenters. The number of thiophene rings is 1. The number of hydrogen-bond donors (Lipinski definition) is 1. The number of alkyl halides is 3. The Balaban J connectivity index is 1.46. The number of carbonyl (C=O) groups excluding carboxylic acids is 1. The van der Waals surface area contributed by atoms with E-state index in [1.165, 1.54) is 4.88 Å².